The summed E-state index contributed by atoms with van der Waals surface area (Å²) in [4.78, 5) is 27.7. The van der Waals surface area contributed by atoms with Crippen molar-refractivity contribution in [2.24, 2.45) is 0 Å². The number of amides is 3. The first kappa shape index (κ1) is 19.4. The number of aromatic nitrogens is 3. The van der Waals surface area contributed by atoms with Crippen LogP contribution >= 0.6 is 11.3 Å². The second-order valence-corrected chi connectivity index (χ2v) is 8.53. The number of urea groups is 1. The van der Waals surface area contributed by atoms with Gasteiger partial charge in [-0.25, -0.2) is 4.79 Å². The SMILES string of the molecule is CC(C)NC(=O)N1CC[C@@H](c2nnc3ccc(C(=O)NCc4cccs4)cn23)C1. The number of pyridine rings is 1. The van der Waals surface area contributed by atoms with Gasteiger partial charge in [-0.3, -0.25) is 9.20 Å². The van der Waals surface area contributed by atoms with E-state index in [1.165, 1.54) is 0 Å². The summed E-state index contributed by atoms with van der Waals surface area (Å²) in [5.74, 6) is 0.740. The van der Waals surface area contributed by atoms with Gasteiger partial charge < -0.3 is 15.5 Å². The highest BCUT2D eigenvalue weighted by atomic mass is 32.1. The fraction of sp³-hybridized carbons (Fsp3) is 0.400. The van der Waals surface area contributed by atoms with Crippen LogP contribution in [0.25, 0.3) is 5.65 Å². The molecule has 4 heterocycles. The van der Waals surface area contributed by atoms with Crippen molar-refractivity contribution < 1.29 is 9.59 Å². The Kier molecular flexibility index (Phi) is 5.48. The number of fused-ring (bicyclic) bond motifs is 1. The molecular formula is C20H24N6O2S. The quantitative estimate of drug-likeness (QED) is 0.674. The van der Waals surface area contributed by atoms with E-state index >= 15 is 0 Å². The molecule has 0 spiro atoms. The topological polar surface area (TPSA) is 91.6 Å². The molecule has 0 aromatic carbocycles. The molecule has 3 aromatic heterocycles. The van der Waals surface area contributed by atoms with Gasteiger partial charge in [-0.15, -0.1) is 21.5 Å². The van der Waals surface area contributed by atoms with Crippen LogP contribution in [-0.2, 0) is 6.54 Å². The maximum atomic E-state index is 12.6. The van der Waals surface area contributed by atoms with Gasteiger partial charge in [0.05, 0.1) is 12.1 Å². The van der Waals surface area contributed by atoms with E-state index in [1.54, 1.807) is 29.7 Å². The predicted octanol–water partition coefficient (Wildman–Crippen LogP) is 2.63. The number of hydrogen-bond acceptors (Lipinski definition) is 5. The average molecular weight is 413 g/mol. The molecule has 4 rings (SSSR count). The lowest BCUT2D eigenvalue weighted by atomic mass is 10.1. The van der Waals surface area contributed by atoms with Crippen molar-refractivity contribution >= 4 is 28.9 Å². The lowest BCUT2D eigenvalue weighted by Gasteiger charge is -2.18. The van der Waals surface area contributed by atoms with Crippen LogP contribution < -0.4 is 10.6 Å². The van der Waals surface area contributed by atoms with Gasteiger partial charge in [0.15, 0.2) is 5.65 Å². The Labute approximate surface area is 172 Å². The molecule has 1 atom stereocenters. The van der Waals surface area contributed by atoms with Crippen molar-refractivity contribution in [2.45, 2.75) is 38.8 Å². The molecule has 0 saturated carbocycles. The van der Waals surface area contributed by atoms with E-state index in [0.29, 0.717) is 30.8 Å². The molecule has 2 N–H and O–H groups in total. The number of rotatable bonds is 5. The van der Waals surface area contributed by atoms with Gasteiger partial charge in [-0.05, 0) is 43.8 Å². The minimum atomic E-state index is -0.135. The standard InChI is InChI=1S/C20H24N6O2S/c1-13(2)22-20(28)25-8-7-14(11-25)18-24-23-17-6-5-15(12-26(17)18)19(27)21-10-16-4-3-9-29-16/h3-6,9,12-14H,7-8,10-11H2,1-2H3,(H,21,27)(H,22,28)/t14-/m1/s1. The van der Waals surface area contributed by atoms with Gasteiger partial charge in [0.1, 0.15) is 5.82 Å². The number of hydrogen-bond donors (Lipinski definition) is 2. The Bertz CT molecular complexity index is 1010. The van der Waals surface area contributed by atoms with Crippen LogP contribution in [0, 0.1) is 0 Å². The number of nitrogens with zero attached hydrogens (tertiary/aromatic N) is 4. The first-order valence-electron chi connectivity index (χ1n) is 9.72. The average Bonchev–Trinajstić information content (AvgIpc) is 3.44. The molecule has 0 radical (unpaired) electrons. The van der Waals surface area contributed by atoms with Crippen molar-refractivity contribution in [1.82, 2.24) is 30.1 Å². The molecule has 0 unspecified atom stereocenters. The summed E-state index contributed by atoms with van der Waals surface area (Å²) in [6, 6.07) is 7.57. The van der Waals surface area contributed by atoms with Crippen LogP contribution in [0.2, 0.25) is 0 Å². The molecule has 9 heteroatoms. The largest absolute Gasteiger partial charge is 0.347 e. The second-order valence-electron chi connectivity index (χ2n) is 7.50. The summed E-state index contributed by atoms with van der Waals surface area (Å²) in [7, 11) is 0. The molecule has 152 valence electrons. The number of carbonyl (C=O) groups is 2. The molecule has 1 fully saturated rings. The molecule has 29 heavy (non-hydrogen) atoms. The molecule has 3 amide bonds. The summed E-state index contributed by atoms with van der Waals surface area (Å²) in [6.45, 7) is 5.67. The molecule has 3 aromatic rings. The van der Waals surface area contributed by atoms with E-state index in [4.69, 9.17) is 0 Å². The van der Waals surface area contributed by atoms with Crippen LogP contribution in [-0.4, -0.2) is 50.6 Å². The highest BCUT2D eigenvalue weighted by Crippen LogP contribution is 2.26. The fourth-order valence-electron chi connectivity index (χ4n) is 3.50. The highest BCUT2D eigenvalue weighted by molar-refractivity contribution is 7.09. The second kappa shape index (κ2) is 8.20. The van der Waals surface area contributed by atoms with Crippen LogP contribution in [0.5, 0.6) is 0 Å². The zero-order valence-corrected chi connectivity index (χ0v) is 17.3. The normalized spacial score (nSPS) is 16.5. The first-order valence-corrected chi connectivity index (χ1v) is 10.6. The van der Waals surface area contributed by atoms with Gasteiger partial charge in [0.25, 0.3) is 5.91 Å². The van der Waals surface area contributed by atoms with Crippen molar-refractivity contribution in [1.29, 1.82) is 0 Å². The lowest BCUT2D eigenvalue weighted by Crippen LogP contribution is -2.41. The lowest BCUT2D eigenvalue weighted by molar-refractivity contribution is 0.0951. The maximum Gasteiger partial charge on any atom is 0.317 e. The predicted molar refractivity (Wildman–Crippen MR) is 111 cm³/mol. The van der Waals surface area contributed by atoms with Crippen molar-refractivity contribution in [2.75, 3.05) is 13.1 Å². The molecule has 1 saturated heterocycles. The Morgan fingerprint density at radius 1 is 1.28 bits per heavy atom. The number of nitrogens with one attached hydrogen (secondary N) is 2. The minimum Gasteiger partial charge on any atom is -0.347 e. The van der Waals surface area contributed by atoms with E-state index in [0.717, 1.165) is 17.1 Å². The van der Waals surface area contributed by atoms with Crippen molar-refractivity contribution in [3.05, 3.63) is 52.1 Å². The monoisotopic (exact) mass is 412 g/mol. The molecule has 1 aliphatic heterocycles. The Morgan fingerprint density at radius 2 is 2.14 bits per heavy atom. The summed E-state index contributed by atoms with van der Waals surface area (Å²) < 4.78 is 1.87. The van der Waals surface area contributed by atoms with Gasteiger partial charge in [0, 0.05) is 36.1 Å². The number of carbonyl (C=O) groups excluding carboxylic acids is 2. The fourth-order valence-corrected chi connectivity index (χ4v) is 4.14. The van der Waals surface area contributed by atoms with Crippen LogP contribution in [0.15, 0.2) is 35.8 Å². The van der Waals surface area contributed by atoms with E-state index < -0.39 is 0 Å². The van der Waals surface area contributed by atoms with Crippen LogP contribution in [0.3, 0.4) is 0 Å². The van der Waals surface area contributed by atoms with Crippen LogP contribution in [0.1, 0.15) is 47.2 Å². The van der Waals surface area contributed by atoms with Gasteiger partial charge in [-0.1, -0.05) is 6.07 Å². The molecule has 0 aliphatic carbocycles. The Hall–Kier alpha value is -2.94. The highest BCUT2D eigenvalue weighted by Gasteiger charge is 2.30. The van der Waals surface area contributed by atoms with Gasteiger partial charge in [-0.2, -0.15) is 0 Å². The third-order valence-electron chi connectivity index (χ3n) is 4.95. The van der Waals surface area contributed by atoms with Gasteiger partial charge >= 0.3 is 6.03 Å². The Balaban J connectivity index is 1.49. The maximum absolute atomic E-state index is 12.6. The summed E-state index contributed by atoms with van der Waals surface area (Å²) in [6.07, 6.45) is 2.60. The minimum absolute atomic E-state index is 0.0510. The first-order chi connectivity index (χ1) is 14.0. The third kappa shape index (κ3) is 4.24. The van der Waals surface area contributed by atoms with Crippen molar-refractivity contribution in [3.8, 4) is 0 Å². The molecular weight excluding hydrogens is 388 g/mol. The number of thiophene rings is 1. The third-order valence-corrected chi connectivity index (χ3v) is 5.82. The Morgan fingerprint density at radius 3 is 2.90 bits per heavy atom. The zero-order chi connectivity index (χ0) is 20.4. The molecule has 1 aliphatic rings. The smallest absolute Gasteiger partial charge is 0.317 e. The molecule has 8 nitrogen and oxygen atoms in total. The van der Waals surface area contributed by atoms with E-state index in [2.05, 4.69) is 20.8 Å². The van der Waals surface area contributed by atoms with E-state index in [9.17, 15) is 9.59 Å². The van der Waals surface area contributed by atoms with Crippen molar-refractivity contribution in [3.63, 3.8) is 0 Å². The summed E-state index contributed by atoms with van der Waals surface area (Å²) in [5.41, 5.74) is 1.25. The van der Waals surface area contributed by atoms with Gasteiger partial charge in [0.2, 0.25) is 0 Å². The zero-order valence-electron chi connectivity index (χ0n) is 16.5. The summed E-state index contributed by atoms with van der Waals surface area (Å²) >= 11 is 1.61. The molecule has 0 bridgehead atoms. The van der Waals surface area contributed by atoms with E-state index in [-0.39, 0.29) is 23.9 Å². The summed E-state index contributed by atoms with van der Waals surface area (Å²) in [5, 5.41) is 16.4. The van der Waals surface area contributed by atoms with Crippen LogP contribution in [0.4, 0.5) is 4.79 Å². The number of likely N-dealkylation sites (tertiary alicyclic amines) is 1. The van der Waals surface area contributed by atoms with E-state index in [1.807, 2.05) is 40.7 Å².